The van der Waals surface area contributed by atoms with Crippen LogP contribution in [0, 0.1) is 0 Å². The number of piperidine rings is 1. The van der Waals surface area contributed by atoms with Crippen LogP contribution in [0.3, 0.4) is 0 Å². The molecule has 1 aromatic heterocycles. The van der Waals surface area contributed by atoms with Crippen molar-refractivity contribution in [2.75, 3.05) is 0 Å². The highest BCUT2D eigenvalue weighted by Crippen LogP contribution is 2.29. The van der Waals surface area contributed by atoms with E-state index in [1.165, 1.54) is 9.58 Å². The molecule has 5 rings (SSSR count). The molecule has 0 aliphatic carbocycles. The van der Waals surface area contributed by atoms with Gasteiger partial charge >= 0.3 is 0 Å². The molecule has 1 fully saturated rings. The highest BCUT2D eigenvalue weighted by atomic mass is 35.5. The maximum Gasteiger partial charge on any atom is 0.255 e. The SMILES string of the molecule is O=C1CCC(N2Cc3ccc(-n4cc(C(O)c5ccc(Cl)cc5)nn4)cc3C2=O)C(=O)N1. The molecule has 0 spiro atoms. The van der Waals surface area contributed by atoms with Crippen molar-refractivity contribution >= 4 is 29.3 Å². The molecular weight excluding hydrogens is 434 g/mol. The van der Waals surface area contributed by atoms with Gasteiger partial charge in [0.2, 0.25) is 11.8 Å². The number of carbonyl (C=O) groups is 3. The van der Waals surface area contributed by atoms with Gasteiger partial charge in [-0.1, -0.05) is 35.0 Å². The van der Waals surface area contributed by atoms with Crippen molar-refractivity contribution < 1.29 is 19.5 Å². The van der Waals surface area contributed by atoms with Crippen LogP contribution < -0.4 is 5.32 Å². The molecule has 2 aliphatic rings. The fourth-order valence-corrected chi connectivity index (χ4v) is 4.16. The van der Waals surface area contributed by atoms with E-state index in [-0.39, 0.29) is 18.2 Å². The first-order valence-corrected chi connectivity index (χ1v) is 10.4. The average molecular weight is 452 g/mol. The van der Waals surface area contributed by atoms with E-state index in [4.69, 9.17) is 11.6 Å². The molecule has 1 saturated heterocycles. The van der Waals surface area contributed by atoms with Crippen molar-refractivity contribution in [2.24, 2.45) is 0 Å². The number of aromatic nitrogens is 3. The fourth-order valence-electron chi connectivity index (χ4n) is 4.03. The number of fused-ring (bicyclic) bond motifs is 1. The lowest BCUT2D eigenvalue weighted by atomic mass is 10.0. The first-order chi connectivity index (χ1) is 15.4. The fraction of sp³-hybridized carbons (Fsp3) is 0.227. The molecule has 3 aromatic rings. The summed E-state index contributed by atoms with van der Waals surface area (Å²) in [5.74, 6) is -1.03. The van der Waals surface area contributed by atoms with E-state index in [1.807, 2.05) is 6.07 Å². The predicted octanol–water partition coefficient (Wildman–Crippen LogP) is 1.76. The van der Waals surface area contributed by atoms with Crippen LogP contribution in [0.4, 0.5) is 0 Å². The summed E-state index contributed by atoms with van der Waals surface area (Å²) in [6, 6.07) is 11.4. The zero-order valence-electron chi connectivity index (χ0n) is 16.7. The van der Waals surface area contributed by atoms with Gasteiger partial charge in [-0.2, -0.15) is 0 Å². The number of carbonyl (C=O) groups excluding carboxylic acids is 3. The summed E-state index contributed by atoms with van der Waals surface area (Å²) in [7, 11) is 0. The highest BCUT2D eigenvalue weighted by molar-refractivity contribution is 6.30. The van der Waals surface area contributed by atoms with E-state index in [2.05, 4.69) is 15.6 Å². The number of aliphatic hydroxyl groups excluding tert-OH is 1. The minimum absolute atomic E-state index is 0.208. The number of nitrogens with zero attached hydrogens (tertiary/aromatic N) is 4. The Morgan fingerprint density at radius 2 is 1.91 bits per heavy atom. The Balaban J connectivity index is 1.38. The van der Waals surface area contributed by atoms with E-state index in [0.717, 1.165) is 5.56 Å². The van der Waals surface area contributed by atoms with Gasteiger partial charge in [-0.05, 0) is 41.8 Å². The molecular formula is C22H18ClN5O4. The Labute approximate surface area is 187 Å². The highest BCUT2D eigenvalue weighted by Gasteiger charge is 2.39. The van der Waals surface area contributed by atoms with Gasteiger partial charge in [0.25, 0.3) is 5.91 Å². The quantitative estimate of drug-likeness (QED) is 0.584. The third-order valence-electron chi connectivity index (χ3n) is 5.75. The van der Waals surface area contributed by atoms with Crippen LogP contribution in [-0.2, 0) is 16.1 Å². The zero-order chi connectivity index (χ0) is 22.4. The number of imide groups is 1. The number of benzene rings is 2. The van der Waals surface area contributed by atoms with E-state index in [1.54, 1.807) is 42.6 Å². The smallest absolute Gasteiger partial charge is 0.255 e. The maximum absolute atomic E-state index is 13.0. The monoisotopic (exact) mass is 451 g/mol. The molecule has 0 saturated carbocycles. The van der Waals surface area contributed by atoms with Crippen molar-refractivity contribution in [2.45, 2.75) is 31.5 Å². The molecule has 3 heterocycles. The summed E-state index contributed by atoms with van der Waals surface area (Å²) in [5.41, 5.74) is 2.85. The molecule has 2 unspecified atom stereocenters. The molecule has 2 N–H and O–H groups in total. The Bertz CT molecular complexity index is 1240. The molecule has 2 aromatic carbocycles. The number of halogens is 1. The second-order valence-corrected chi connectivity index (χ2v) is 8.22. The van der Waals surface area contributed by atoms with Gasteiger partial charge in [0.15, 0.2) is 0 Å². The molecule has 2 aliphatic heterocycles. The lowest BCUT2D eigenvalue weighted by molar-refractivity contribution is -0.136. The first-order valence-electron chi connectivity index (χ1n) is 10.0. The summed E-state index contributed by atoms with van der Waals surface area (Å²) in [4.78, 5) is 38.1. The number of aliphatic hydroxyl groups is 1. The third kappa shape index (κ3) is 3.55. The van der Waals surface area contributed by atoms with Crippen molar-refractivity contribution in [3.05, 3.63) is 76.1 Å². The second kappa shape index (κ2) is 7.85. The van der Waals surface area contributed by atoms with Crippen LogP contribution in [0.15, 0.2) is 48.7 Å². The minimum atomic E-state index is -0.972. The molecule has 9 nitrogen and oxygen atoms in total. The van der Waals surface area contributed by atoms with Crippen LogP contribution >= 0.6 is 11.6 Å². The van der Waals surface area contributed by atoms with E-state index >= 15 is 0 Å². The van der Waals surface area contributed by atoms with E-state index < -0.39 is 18.1 Å². The second-order valence-electron chi connectivity index (χ2n) is 7.78. The van der Waals surface area contributed by atoms with Crippen molar-refractivity contribution in [1.29, 1.82) is 0 Å². The van der Waals surface area contributed by atoms with Gasteiger partial charge < -0.3 is 10.0 Å². The van der Waals surface area contributed by atoms with Crippen LogP contribution in [0.2, 0.25) is 5.02 Å². The first kappa shape index (κ1) is 20.3. The van der Waals surface area contributed by atoms with Gasteiger partial charge in [0, 0.05) is 23.6 Å². The van der Waals surface area contributed by atoms with Gasteiger partial charge in [0.1, 0.15) is 17.8 Å². The zero-order valence-corrected chi connectivity index (χ0v) is 17.5. The Morgan fingerprint density at radius 3 is 2.66 bits per heavy atom. The molecule has 0 radical (unpaired) electrons. The number of nitrogens with one attached hydrogen (secondary N) is 1. The predicted molar refractivity (Wildman–Crippen MR) is 113 cm³/mol. The standard InChI is InChI=1S/C22H18ClN5O4/c23-14-4-1-12(2-5-14)20(30)17-11-28(26-25-17)15-6-3-13-10-27(22(32)16(13)9-15)18-7-8-19(29)24-21(18)31/h1-6,9,11,18,20,30H,7-8,10H2,(H,24,29,31). The van der Waals surface area contributed by atoms with Gasteiger partial charge in [-0.3, -0.25) is 19.7 Å². The van der Waals surface area contributed by atoms with Crippen molar-refractivity contribution in [1.82, 2.24) is 25.2 Å². The minimum Gasteiger partial charge on any atom is -0.382 e. The van der Waals surface area contributed by atoms with Crippen LogP contribution in [-0.4, -0.2) is 48.8 Å². The number of hydrogen-bond acceptors (Lipinski definition) is 6. The largest absolute Gasteiger partial charge is 0.382 e. The van der Waals surface area contributed by atoms with Crippen LogP contribution in [0.25, 0.3) is 5.69 Å². The Hall–Kier alpha value is -3.56. The molecule has 3 amide bonds. The van der Waals surface area contributed by atoms with Crippen molar-refractivity contribution in [3.63, 3.8) is 0 Å². The van der Waals surface area contributed by atoms with Crippen LogP contribution in [0.5, 0.6) is 0 Å². The normalized spacial score (nSPS) is 19.1. The summed E-state index contributed by atoms with van der Waals surface area (Å²) >= 11 is 5.90. The number of hydrogen-bond donors (Lipinski definition) is 2. The summed E-state index contributed by atoms with van der Waals surface area (Å²) < 4.78 is 1.48. The molecule has 10 heteroatoms. The van der Waals surface area contributed by atoms with Crippen LogP contribution in [0.1, 0.15) is 46.1 Å². The topological polar surface area (TPSA) is 117 Å². The summed E-state index contributed by atoms with van der Waals surface area (Å²) in [6.45, 7) is 0.304. The molecule has 162 valence electrons. The van der Waals surface area contributed by atoms with Crippen molar-refractivity contribution in [3.8, 4) is 5.69 Å². The van der Waals surface area contributed by atoms with Gasteiger partial charge in [-0.15, -0.1) is 5.10 Å². The molecule has 2 atom stereocenters. The lowest BCUT2D eigenvalue weighted by Crippen LogP contribution is -2.52. The lowest BCUT2D eigenvalue weighted by Gasteiger charge is -2.29. The number of rotatable bonds is 4. The Kier molecular flexibility index (Phi) is 4.99. The van der Waals surface area contributed by atoms with E-state index in [0.29, 0.717) is 40.5 Å². The maximum atomic E-state index is 13.0. The summed E-state index contributed by atoms with van der Waals surface area (Å²) in [5, 5.41) is 21.6. The summed E-state index contributed by atoms with van der Waals surface area (Å²) in [6.07, 6.45) is 1.14. The molecule has 0 bridgehead atoms. The third-order valence-corrected chi connectivity index (χ3v) is 6.01. The average Bonchev–Trinajstić information content (AvgIpc) is 3.39. The molecule has 32 heavy (non-hydrogen) atoms. The number of amides is 3. The Morgan fingerprint density at radius 1 is 1.12 bits per heavy atom. The van der Waals surface area contributed by atoms with Gasteiger partial charge in [0.05, 0.1) is 11.9 Å². The van der Waals surface area contributed by atoms with E-state index in [9.17, 15) is 19.5 Å². The van der Waals surface area contributed by atoms with Gasteiger partial charge in [-0.25, -0.2) is 4.68 Å².